The molecule has 2 rings (SSSR count). The number of benzene rings is 1. The molecule has 108 valence electrons. The molecule has 0 bridgehead atoms. The second kappa shape index (κ2) is 5.81. The van der Waals surface area contributed by atoms with Gasteiger partial charge in [-0.25, -0.2) is 4.68 Å². The molecule has 5 nitrogen and oxygen atoms in total. The van der Waals surface area contributed by atoms with Gasteiger partial charge in [0.1, 0.15) is 0 Å². The van der Waals surface area contributed by atoms with Crippen LogP contribution in [0.15, 0.2) is 23.4 Å². The van der Waals surface area contributed by atoms with Crippen LogP contribution in [0, 0.1) is 0 Å². The summed E-state index contributed by atoms with van der Waals surface area (Å²) in [5, 5.41) is 19.3. The van der Waals surface area contributed by atoms with Crippen molar-refractivity contribution in [2.45, 2.75) is 24.6 Å². The van der Waals surface area contributed by atoms with Gasteiger partial charge >= 0.3 is 0 Å². The van der Waals surface area contributed by atoms with E-state index in [1.54, 1.807) is 32.0 Å². The van der Waals surface area contributed by atoms with Gasteiger partial charge < -0.3 is 10.9 Å². The van der Waals surface area contributed by atoms with Crippen LogP contribution < -0.4 is 5.84 Å². The lowest BCUT2D eigenvalue weighted by Crippen LogP contribution is -2.22. The summed E-state index contributed by atoms with van der Waals surface area (Å²) in [5.41, 5.74) is -0.157. The minimum atomic E-state index is -0.811. The lowest BCUT2D eigenvalue weighted by atomic mass is 10.2. The lowest BCUT2D eigenvalue weighted by molar-refractivity contribution is 0.107. The number of thioether (sulfide) groups is 1. The highest BCUT2D eigenvalue weighted by molar-refractivity contribution is 7.99. The van der Waals surface area contributed by atoms with E-state index < -0.39 is 5.60 Å². The van der Waals surface area contributed by atoms with Gasteiger partial charge in [-0.05, 0) is 32.0 Å². The number of rotatable bonds is 4. The van der Waals surface area contributed by atoms with Gasteiger partial charge in [-0.1, -0.05) is 35.0 Å². The molecule has 0 aliphatic rings. The van der Waals surface area contributed by atoms with Crippen LogP contribution in [0.2, 0.25) is 10.0 Å². The molecule has 1 heterocycles. The van der Waals surface area contributed by atoms with E-state index in [0.717, 1.165) is 0 Å². The maximum Gasteiger partial charge on any atom is 0.210 e. The van der Waals surface area contributed by atoms with Crippen LogP contribution in [0.1, 0.15) is 13.8 Å². The zero-order chi connectivity index (χ0) is 14.9. The molecule has 1 aromatic carbocycles. The number of halogens is 2. The Morgan fingerprint density at radius 2 is 2.05 bits per heavy atom. The summed E-state index contributed by atoms with van der Waals surface area (Å²) in [6.07, 6.45) is 0. The molecular weight excluding hydrogens is 319 g/mol. The highest BCUT2D eigenvalue weighted by Gasteiger charge is 2.18. The second-order valence-electron chi connectivity index (χ2n) is 4.90. The zero-order valence-corrected chi connectivity index (χ0v) is 13.3. The van der Waals surface area contributed by atoms with E-state index in [1.165, 1.54) is 16.4 Å². The van der Waals surface area contributed by atoms with E-state index in [1.807, 2.05) is 0 Å². The molecule has 0 radical (unpaired) electrons. The Morgan fingerprint density at radius 3 is 2.65 bits per heavy atom. The minimum Gasteiger partial charge on any atom is -0.390 e. The summed E-state index contributed by atoms with van der Waals surface area (Å²) in [6.45, 7) is 3.43. The Kier molecular flexibility index (Phi) is 4.49. The molecule has 1 aromatic heterocycles. The summed E-state index contributed by atoms with van der Waals surface area (Å²) < 4.78 is 1.35. The molecule has 0 amide bonds. The summed E-state index contributed by atoms with van der Waals surface area (Å²) in [6, 6.07) is 5.07. The van der Waals surface area contributed by atoms with E-state index in [0.29, 0.717) is 32.3 Å². The van der Waals surface area contributed by atoms with Crippen molar-refractivity contribution in [2.75, 3.05) is 11.6 Å². The number of aromatic nitrogens is 3. The third-order valence-electron chi connectivity index (χ3n) is 2.39. The topological polar surface area (TPSA) is 77.0 Å². The van der Waals surface area contributed by atoms with Crippen molar-refractivity contribution in [3.05, 3.63) is 28.2 Å². The minimum absolute atomic E-state index is 0.449. The van der Waals surface area contributed by atoms with E-state index in [2.05, 4.69) is 10.2 Å². The molecule has 0 fully saturated rings. The van der Waals surface area contributed by atoms with E-state index in [-0.39, 0.29) is 0 Å². The maximum atomic E-state index is 9.71. The van der Waals surface area contributed by atoms with Gasteiger partial charge in [0.25, 0.3) is 0 Å². The first-order valence-electron chi connectivity index (χ1n) is 5.79. The average Bonchev–Trinajstić information content (AvgIpc) is 2.67. The van der Waals surface area contributed by atoms with E-state index in [9.17, 15) is 5.11 Å². The van der Waals surface area contributed by atoms with E-state index >= 15 is 0 Å². The molecule has 20 heavy (non-hydrogen) atoms. The number of nitrogen functional groups attached to an aromatic ring is 1. The second-order valence-corrected chi connectivity index (χ2v) is 6.69. The summed E-state index contributed by atoms with van der Waals surface area (Å²) in [5.74, 6) is 6.87. The van der Waals surface area contributed by atoms with Crippen molar-refractivity contribution in [1.29, 1.82) is 0 Å². The predicted octanol–water partition coefficient (Wildman–Crippen LogP) is 2.83. The van der Waals surface area contributed by atoms with Crippen LogP contribution in [-0.2, 0) is 0 Å². The largest absolute Gasteiger partial charge is 0.390 e. The normalized spacial score (nSPS) is 11.8. The van der Waals surface area contributed by atoms with Crippen LogP contribution in [0.25, 0.3) is 11.4 Å². The number of nitrogens with zero attached hydrogens (tertiary/aromatic N) is 3. The molecule has 8 heteroatoms. The van der Waals surface area contributed by atoms with Crippen molar-refractivity contribution in [3.8, 4) is 11.4 Å². The molecule has 0 aliphatic heterocycles. The fraction of sp³-hybridized carbons (Fsp3) is 0.333. The van der Waals surface area contributed by atoms with Crippen LogP contribution >= 0.6 is 35.0 Å². The first kappa shape index (κ1) is 15.4. The molecule has 0 saturated carbocycles. The van der Waals surface area contributed by atoms with Crippen molar-refractivity contribution in [2.24, 2.45) is 0 Å². The Hall–Kier alpha value is -0.950. The lowest BCUT2D eigenvalue weighted by Gasteiger charge is -2.15. The molecule has 0 saturated heterocycles. The Labute approximate surface area is 131 Å². The molecule has 0 aliphatic carbocycles. The van der Waals surface area contributed by atoms with Gasteiger partial charge in [-0.15, -0.1) is 10.2 Å². The molecular formula is C12H14Cl2N4OS. The van der Waals surface area contributed by atoms with Crippen LogP contribution in [0.4, 0.5) is 0 Å². The third kappa shape index (κ3) is 3.58. The standard InChI is InChI=1S/C12H14Cl2N4OS/c1-12(2,19)6-20-11-17-16-10(18(11)15)8-4-3-7(13)5-9(8)14/h3-5,19H,6,15H2,1-2H3. The van der Waals surface area contributed by atoms with Crippen molar-refractivity contribution < 1.29 is 5.11 Å². The van der Waals surface area contributed by atoms with Gasteiger partial charge in [-0.2, -0.15) is 0 Å². The van der Waals surface area contributed by atoms with Gasteiger partial charge in [0.2, 0.25) is 5.16 Å². The highest BCUT2D eigenvalue weighted by atomic mass is 35.5. The first-order chi connectivity index (χ1) is 9.28. The van der Waals surface area contributed by atoms with Gasteiger partial charge in [-0.3, -0.25) is 0 Å². The average molecular weight is 333 g/mol. The van der Waals surface area contributed by atoms with Gasteiger partial charge in [0.05, 0.1) is 10.6 Å². The van der Waals surface area contributed by atoms with Gasteiger partial charge in [0, 0.05) is 16.3 Å². The van der Waals surface area contributed by atoms with Crippen molar-refractivity contribution in [3.63, 3.8) is 0 Å². The number of aliphatic hydroxyl groups is 1. The maximum absolute atomic E-state index is 9.71. The smallest absolute Gasteiger partial charge is 0.210 e. The quantitative estimate of drug-likeness (QED) is 0.665. The van der Waals surface area contributed by atoms with Crippen molar-refractivity contribution in [1.82, 2.24) is 14.9 Å². The first-order valence-corrected chi connectivity index (χ1v) is 7.53. The van der Waals surface area contributed by atoms with Crippen LogP contribution in [-0.4, -0.2) is 31.3 Å². The fourth-order valence-corrected chi connectivity index (χ4v) is 2.77. The fourth-order valence-electron chi connectivity index (χ4n) is 1.47. The van der Waals surface area contributed by atoms with Gasteiger partial charge in [0.15, 0.2) is 5.82 Å². The monoisotopic (exact) mass is 332 g/mol. The number of hydrogen-bond acceptors (Lipinski definition) is 5. The molecule has 2 aromatic rings. The molecule has 0 unspecified atom stereocenters. The van der Waals surface area contributed by atoms with Crippen LogP contribution in [0.3, 0.4) is 0 Å². The number of nitrogens with two attached hydrogens (primary N) is 1. The Balaban J connectivity index is 2.28. The Bertz CT molecular complexity index is 624. The summed E-state index contributed by atoms with van der Waals surface area (Å²) in [7, 11) is 0. The zero-order valence-electron chi connectivity index (χ0n) is 11.0. The Morgan fingerprint density at radius 1 is 1.35 bits per heavy atom. The SMILES string of the molecule is CC(C)(O)CSc1nnc(-c2ccc(Cl)cc2Cl)n1N. The van der Waals surface area contributed by atoms with Crippen molar-refractivity contribution >= 4 is 35.0 Å². The van der Waals surface area contributed by atoms with E-state index in [4.69, 9.17) is 29.0 Å². The van der Waals surface area contributed by atoms with Crippen LogP contribution in [0.5, 0.6) is 0 Å². The molecule has 0 atom stereocenters. The summed E-state index contributed by atoms with van der Waals surface area (Å²) in [4.78, 5) is 0. The summed E-state index contributed by atoms with van der Waals surface area (Å²) >= 11 is 13.3. The molecule has 0 spiro atoms. The number of hydrogen-bond donors (Lipinski definition) is 2. The predicted molar refractivity (Wildman–Crippen MR) is 82.7 cm³/mol. The molecule has 3 N–H and O–H groups in total. The highest BCUT2D eigenvalue weighted by Crippen LogP contribution is 2.30. The third-order valence-corrected chi connectivity index (χ3v) is 4.33.